The highest BCUT2D eigenvalue weighted by atomic mass is 16.5. The van der Waals surface area contributed by atoms with Gasteiger partial charge in [0, 0.05) is 32.0 Å². The Labute approximate surface area is 111 Å². The molecule has 3 rings (SSSR count). The maximum atomic E-state index is 5.89. The Hall–Kier alpha value is -1.66. The number of rotatable bonds is 2. The fraction of sp³-hybridized carbons (Fsp3) is 0.538. The average molecular weight is 262 g/mol. The lowest BCUT2D eigenvalue weighted by Crippen LogP contribution is -2.20. The minimum atomic E-state index is 0.0360. The van der Waals surface area contributed by atoms with Crippen LogP contribution in [0.1, 0.15) is 18.1 Å². The van der Waals surface area contributed by atoms with Crippen LogP contribution in [0.5, 0.6) is 5.88 Å². The van der Waals surface area contributed by atoms with Gasteiger partial charge in [-0.05, 0) is 13.0 Å². The van der Waals surface area contributed by atoms with Gasteiger partial charge in [0.05, 0.1) is 19.4 Å². The molecule has 1 N–H and O–H groups in total. The van der Waals surface area contributed by atoms with Crippen molar-refractivity contribution in [2.75, 3.05) is 26.8 Å². The van der Waals surface area contributed by atoms with E-state index in [0.29, 0.717) is 5.88 Å². The number of hydrogen-bond acceptors (Lipinski definition) is 5. The minimum Gasteiger partial charge on any atom is -0.480 e. The van der Waals surface area contributed by atoms with Crippen molar-refractivity contribution in [3.8, 4) is 5.88 Å². The molecule has 0 spiro atoms. The summed E-state index contributed by atoms with van der Waals surface area (Å²) in [5.74, 6) is 0.528. The van der Waals surface area contributed by atoms with Crippen molar-refractivity contribution < 1.29 is 9.47 Å². The molecule has 2 aromatic heterocycles. The summed E-state index contributed by atoms with van der Waals surface area (Å²) in [6.07, 6.45) is 4.77. The SMILES string of the molecule is COc1cnc2c(C3CNCCCO3)cn(C)c2n1. The largest absolute Gasteiger partial charge is 0.480 e. The number of aryl methyl sites for hydroxylation is 1. The second kappa shape index (κ2) is 5.14. The zero-order chi connectivity index (χ0) is 13.2. The Kier molecular flexibility index (Phi) is 3.35. The van der Waals surface area contributed by atoms with Gasteiger partial charge in [0.2, 0.25) is 5.88 Å². The van der Waals surface area contributed by atoms with Crippen LogP contribution in [0, 0.1) is 0 Å². The molecule has 3 heterocycles. The number of methoxy groups -OCH3 is 1. The Balaban J connectivity index is 2.03. The predicted octanol–water partition coefficient (Wildman–Crippen LogP) is 1.03. The number of fused-ring (bicyclic) bond motifs is 1. The van der Waals surface area contributed by atoms with E-state index in [2.05, 4.69) is 15.3 Å². The topological polar surface area (TPSA) is 61.2 Å². The third kappa shape index (κ3) is 2.29. The summed E-state index contributed by atoms with van der Waals surface area (Å²) in [5.41, 5.74) is 2.79. The first kappa shape index (κ1) is 12.4. The summed E-state index contributed by atoms with van der Waals surface area (Å²) in [6.45, 7) is 2.59. The molecule has 0 saturated carbocycles. The Morgan fingerprint density at radius 3 is 3.26 bits per heavy atom. The highest BCUT2D eigenvalue weighted by Gasteiger charge is 2.21. The van der Waals surface area contributed by atoms with E-state index in [0.717, 1.165) is 42.8 Å². The van der Waals surface area contributed by atoms with Crippen LogP contribution in [0.4, 0.5) is 0 Å². The molecule has 0 radical (unpaired) electrons. The number of ether oxygens (including phenoxy) is 2. The molecule has 0 bridgehead atoms. The predicted molar refractivity (Wildman–Crippen MR) is 71.2 cm³/mol. The van der Waals surface area contributed by atoms with E-state index >= 15 is 0 Å². The van der Waals surface area contributed by atoms with Crippen LogP contribution in [0.25, 0.3) is 11.2 Å². The van der Waals surface area contributed by atoms with Crippen LogP contribution in [0.3, 0.4) is 0 Å². The molecule has 6 heteroatoms. The molecule has 1 saturated heterocycles. The third-order valence-corrected chi connectivity index (χ3v) is 3.37. The van der Waals surface area contributed by atoms with Crippen molar-refractivity contribution in [1.29, 1.82) is 0 Å². The van der Waals surface area contributed by atoms with Gasteiger partial charge in [-0.1, -0.05) is 0 Å². The van der Waals surface area contributed by atoms with Crippen LogP contribution in [-0.4, -0.2) is 41.3 Å². The summed E-state index contributed by atoms with van der Waals surface area (Å²) < 4.78 is 13.0. The molecule has 1 aliphatic heterocycles. The summed E-state index contributed by atoms with van der Waals surface area (Å²) >= 11 is 0. The first-order chi connectivity index (χ1) is 9.29. The lowest BCUT2D eigenvalue weighted by molar-refractivity contribution is 0.0677. The third-order valence-electron chi connectivity index (χ3n) is 3.37. The fourth-order valence-electron chi connectivity index (χ4n) is 2.39. The molecule has 1 aliphatic rings. The Morgan fingerprint density at radius 2 is 2.42 bits per heavy atom. The standard InChI is InChI=1S/C13H18N4O2/c1-17-8-9(10-6-14-4-3-5-19-10)12-13(17)16-11(18-2)7-15-12/h7-8,10,14H,3-6H2,1-2H3. The number of hydrogen-bond donors (Lipinski definition) is 1. The highest BCUT2D eigenvalue weighted by molar-refractivity contribution is 5.76. The zero-order valence-corrected chi connectivity index (χ0v) is 11.2. The van der Waals surface area contributed by atoms with Crippen LogP contribution < -0.4 is 10.1 Å². The number of nitrogens with zero attached hydrogens (tertiary/aromatic N) is 3. The molecule has 2 aromatic rings. The normalized spacial score (nSPS) is 20.4. The molecule has 0 aliphatic carbocycles. The molecule has 0 amide bonds. The van der Waals surface area contributed by atoms with Crippen LogP contribution in [0.15, 0.2) is 12.4 Å². The van der Waals surface area contributed by atoms with Gasteiger partial charge in [0.25, 0.3) is 0 Å². The lowest BCUT2D eigenvalue weighted by atomic mass is 10.2. The van der Waals surface area contributed by atoms with E-state index in [1.807, 2.05) is 17.8 Å². The average Bonchev–Trinajstić information content (AvgIpc) is 2.64. The molecular formula is C13H18N4O2. The van der Waals surface area contributed by atoms with Crippen molar-refractivity contribution in [2.24, 2.45) is 7.05 Å². The smallest absolute Gasteiger partial charge is 0.234 e. The molecule has 0 aromatic carbocycles. The second-order valence-corrected chi connectivity index (χ2v) is 4.70. The Morgan fingerprint density at radius 1 is 1.53 bits per heavy atom. The molecule has 1 unspecified atom stereocenters. The van der Waals surface area contributed by atoms with Gasteiger partial charge in [-0.2, -0.15) is 4.98 Å². The van der Waals surface area contributed by atoms with Crippen LogP contribution >= 0.6 is 0 Å². The lowest BCUT2D eigenvalue weighted by Gasteiger charge is -2.13. The molecule has 6 nitrogen and oxygen atoms in total. The van der Waals surface area contributed by atoms with Gasteiger partial charge in [0.15, 0.2) is 5.65 Å². The highest BCUT2D eigenvalue weighted by Crippen LogP contribution is 2.27. The summed E-state index contributed by atoms with van der Waals surface area (Å²) in [6, 6.07) is 0. The van der Waals surface area contributed by atoms with Gasteiger partial charge in [-0.15, -0.1) is 0 Å². The van der Waals surface area contributed by atoms with Crippen molar-refractivity contribution >= 4 is 11.2 Å². The maximum absolute atomic E-state index is 5.89. The fourth-order valence-corrected chi connectivity index (χ4v) is 2.39. The van der Waals surface area contributed by atoms with E-state index < -0.39 is 0 Å². The first-order valence-electron chi connectivity index (χ1n) is 6.48. The zero-order valence-electron chi connectivity index (χ0n) is 11.2. The summed E-state index contributed by atoms with van der Waals surface area (Å²) in [4.78, 5) is 8.90. The van der Waals surface area contributed by atoms with Crippen molar-refractivity contribution in [2.45, 2.75) is 12.5 Å². The van der Waals surface area contributed by atoms with E-state index in [-0.39, 0.29) is 6.10 Å². The Bertz CT molecular complexity index is 573. The van der Waals surface area contributed by atoms with Gasteiger partial charge in [-0.3, -0.25) is 0 Å². The van der Waals surface area contributed by atoms with Crippen molar-refractivity contribution in [3.63, 3.8) is 0 Å². The van der Waals surface area contributed by atoms with Crippen LogP contribution in [0.2, 0.25) is 0 Å². The van der Waals surface area contributed by atoms with Gasteiger partial charge >= 0.3 is 0 Å². The molecular weight excluding hydrogens is 244 g/mol. The monoisotopic (exact) mass is 262 g/mol. The summed E-state index contributed by atoms with van der Waals surface area (Å²) in [5, 5.41) is 3.39. The molecule has 102 valence electrons. The molecule has 19 heavy (non-hydrogen) atoms. The first-order valence-corrected chi connectivity index (χ1v) is 6.48. The number of nitrogens with one attached hydrogen (secondary N) is 1. The second-order valence-electron chi connectivity index (χ2n) is 4.70. The van der Waals surface area contributed by atoms with Crippen molar-refractivity contribution in [3.05, 3.63) is 18.0 Å². The molecule has 1 atom stereocenters. The quantitative estimate of drug-likeness (QED) is 0.876. The van der Waals surface area contributed by atoms with Gasteiger partial charge in [0.1, 0.15) is 5.52 Å². The van der Waals surface area contributed by atoms with Crippen molar-refractivity contribution in [1.82, 2.24) is 19.9 Å². The minimum absolute atomic E-state index is 0.0360. The maximum Gasteiger partial charge on any atom is 0.234 e. The number of aromatic nitrogens is 3. The van der Waals surface area contributed by atoms with Gasteiger partial charge < -0.3 is 19.4 Å². The van der Waals surface area contributed by atoms with Crippen LogP contribution in [-0.2, 0) is 11.8 Å². The van der Waals surface area contributed by atoms with E-state index in [4.69, 9.17) is 9.47 Å². The van der Waals surface area contributed by atoms with E-state index in [1.54, 1.807) is 13.3 Å². The van der Waals surface area contributed by atoms with E-state index in [9.17, 15) is 0 Å². The molecule has 1 fully saturated rings. The summed E-state index contributed by atoms with van der Waals surface area (Å²) in [7, 11) is 3.56. The van der Waals surface area contributed by atoms with E-state index in [1.165, 1.54) is 0 Å². The van der Waals surface area contributed by atoms with Gasteiger partial charge in [-0.25, -0.2) is 4.98 Å².